The van der Waals surface area contributed by atoms with Crippen LogP contribution in [0.15, 0.2) is 72.8 Å². The van der Waals surface area contributed by atoms with Crippen molar-refractivity contribution in [1.29, 1.82) is 0 Å². The number of hydrogen-bond acceptors (Lipinski definition) is 5. The van der Waals surface area contributed by atoms with E-state index in [9.17, 15) is 13.6 Å². The number of ether oxygens (including phenoxy) is 2. The highest BCUT2D eigenvalue weighted by Gasteiger charge is 2.69. The molecule has 7 heteroatoms. The minimum atomic E-state index is -3.62. The molecule has 2 bridgehead atoms. The van der Waals surface area contributed by atoms with Crippen molar-refractivity contribution in [2.24, 2.45) is 0 Å². The zero-order chi connectivity index (χ0) is 20.1. The molecule has 3 heterocycles. The molecule has 6 atom stereocenters. The summed E-state index contributed by atoms with van der Waals surface area (Å²) in [5.74, 6) is -0.491. The molecule has 0 saturated carbocycles. The summed E-state index contributed by atoms with van der Waals surface area (Å²) in [4.78, 5) is 12.9. The van der Waals surface area contributed by atoms with Crippen LogP contribution in [0.25, 0.3) is 0 Å². The van der Waals surface area contributed by atoms with Crippen LogP contribution in [0.4, 0.5) is 0 Å². The third-order valence-corrected chi connectivity index (χ3v) is 7.86. The van der Waals surface area contributed by atoms with Crippen molar-refractivity contribution < 1.29 is 23.0 Å². The summed E-state index contributed by atoms with van der Waals surface area (Å²) >= 11 is 0. The van der Waals surface area contributed by atoms with Gasteiger partial charge in [-0.25, -0.2) is 4.79 Å². The van der Waals surface area contributed by atoms with Gasteiger partial charge in [0.15, 0.2) is 17.0 Å². The van der Waals surface area contributed by atoms with Gasteiger partial charge in [0.1, 0.15) is 10.4 Å². The smallest absolute Gasteiger partial charge is 0.338 e. The second-order valence-corrected chi connectivity index (χ2v) is 9.64. The van der Waals surface area contributed by atoms with Gasteiger partial charge in [-0.2, -0.15) is 0 Å². The lowest BCUT2D eigenvalue weighted by Crippen LogP contribution is -2.70. The van der Waals surface area contributed by atoms with E-state index in [4.69, 9.17) is 9.47 Å². The fourth-order valence-corrected chi connectivity index (χ4v) is 6.63. The van der Waals surface area contributed by atoms with Gasteiger partial charge in [0, 0.05) is 6.42 Å². The van der Waals surface area contributed by atoms with Gasteiger partial charge in [-0.3, -0.25) is 0 Å². The highest BCUT2D eigenvalue weighted by Crippen LogP contribution is 2.50. The lowest BCUT2D eigenvalue weighted by atomic mass is 9.83. The number of sulfonamides is 1. The predicted molar refractivity (Wildman–Crippen MR) is 107 cm³/mol. The van der Waals surface area contributed by atoms with E-state index in [1.54, 1.807) is 30.3 Å². The highest BCUT2D eigenvalue weighted by molar-refractivity contribution is 7.96. The first-order valence-electron chi connectivity index (χ1n) is 9.66. The van der Waals surface area contributed by atoms with Gasteiger partial charge in [0.25, 0.3) is 0 Å². The van der Waals surface area contributed by atoms with Crippen molar-refractivity contribution in [1.82, 2.24) is 4.72 Å². The fraction of sp³-hybridized carbons (Fsp3) is 0.318. The maximum Gasteiger partial charge on any atom is 0.338 e. The summed E-state index contributed by atoms with van der Waals surface area (Å²) < 4.78 is 40.8. The van der Waals surface area contributed by atoms with E-state index in [2.05, 4.69) is 4.72 Å². The van der Waals surface area contributed by atoms with Crippen LogP contribution in [-0.2, 0) is 30.5 Å². The Morgan fingerprint density at radius 3 is 2.55 bits per heavy atom. The van der Waals surface area contributed by atoms with Gasteiger partial charge in [-0.05, 0) is 30.2 Å². The van der Waals surface area contributed by atoms with Crippen molar-refractivity contribution in [2.75, 3.05) is 0 Å². The maximum absolute atomic E-state index is 13.0. The Balaban J connectivity index is 1.52. The first kappa shape index (κ1) is 18.7. The zero-order valence-electron chi connectivity index (χ0n) is 15.6. The summed E-state index contributed by atoms with van der Waals surface area (Å²) in [6.07, 6.45) is 3.37. The summed E-state index contributed by atoms with van der Waals surface area (Å²) in [5.41, 5.74) is 0.217. The number of hydrogen-bond donors (Lipinski definition) is 1. The fourth-order valence-electron chi connectivity index (χ4n) is 4.64. The van der Waals surface area contributed by atoms with Crippen LogP contribution >= 0.6 is 0 Å². The lowest BCUT2D eigenvalue weighted by molar-refractivity contribution is -0.0879. The first-order chi connectivity index (χ1) is 14.0. The molecule has 0 aliphatic carbocycles. The van der Waals surface area contributed by atoms with Gasteiger partial charge in [0.2, 0.25) is 0 Å². The molecule has 2 fully saturated rings. The number of carbonyl (C=O) groups is 1. The Morgan fingerprint density at radius 1 is 1.17 bits per heavy atom. The van der Waals surface area contributed by atoms with Crippen molar-refractivity contribution in [3.8, 4) is 0 Å². The lowest BCUT2D eigenvalue weighted by Gasteiger charge is -2.46. The molecule has 3 aliphatic rings. The molecule has 1 N–H and O–H groups in total. The van der Waals surface area contributed by atoms with Crippen molar-refractivity contribution >= 4 is 16.4 Å². The quantitative estimate of drug-likeness (QED) is 0.474. The SMILES string of the molecule is O=C(O[C@@H]1[C@H](Cc2ccccc2)N[S+](=O)([O-])[C@H]2CC3C=C[C@]12O3)c1ccccc1. The van der Waals surface area contributed by atoms with Crippen molar-refractivity contribution in [2.45, 2.75) is 41.9 Å². The monoisotopic (exact) mass is 411 g/mol. The Kier molecular flexibility index (Phi) is 4.43. The first-order valence-corrected chi connectivity index (χ1v) is 11.2. The van der Waals surface area contributed by atoms with Crippen LogP contribution in [0.3, 0.4) is 0 Å². The molecule has 2 aromatic carbocycles. The molecule has 3 aliphatic heterocycles. The van der Waals surface area contributed by atoms with Crippen LogP contribution in [-0.4, -0.2) is 39.6 Å². The van der Waals surface area contributed by atoms with E-state index in [1.165, 1.54) is 0 Å². The Bertz CT molecular complexity index is 995. The number of esters is 1. The Morgan fingerprint density at radius 2 is 1.86 bits per heavy atom. The van der Waals surface area contributed by atoms with Gasteiger partial charge < -0.3 is 14.0 Å². The van der Waals surface area contributed by atoms with E-state index >= 15 is 0 Å². The van der Waals surface area contributed by atoms with Crippen LogP contribution in [0.2, 0.25) is 0 Å². The Labute approximate surface area is 170 Å². The third-order valence-electron chi connectivity index (χ3n) is 5.92. The second-order valence-electron chi connectivity index (χ2n) is 7.74. The average molecular weight is 411 g/mol. The molecule has 0 amide bonds. The standard InChI is InChI=1S/C22H21NO5S/c24-21(16-9-5-2-6-10-16)27-20-18(13-15-7-3-1-4-8-15)23-29(25,26)19-14-17-11-12-22(19,20)28-17/h1-12,17-20H,13-14H2,(H-,23,25,26)/t17?,18-,19-,20+,22+/m0/s1. The van der Waals surface area contributed by atoms with E-state index in [0.29, 0.717) is 18.4 Å². The van der Waals surface area contributed by atoms with E-state index in [-0.39, 0.29) is 6.10 Å². The van der Waals surface area contributed by atoms with Crippen molar-refractivity contribution in [3.05, 3.63) is 83.9 Å². The molecular weight excluding hydrogens is 390 g/mol. The Hall–Kier alpha value is -2.32. The number of nitrogens with one attached hydrogen (secondary N) is 1. The minimum absolute atomic E-state index is 0.273. The summed E-state index contributed by atoms with van der Waals surface area (Å²) in [7, 11) is -3.62. The maximum atomic E-state index is 13.0. The molecule has 150 valence electrons. The van der Waals surface area contributed by atoms with Crippen LogP contribution in [0, 0.1) is 0 Å². The number of fused-ring (bicyclic) bond motifs is 1. The number of benzene rings is 2. The third kappa shape index (κ3) is 3.14. The molecule has 0 aromatic heterocycles. The molecule has 2 aromatic rings. The number of rotatable bonds is 4. The predicted octanol–water partition coefficient (Wildman–Crippen LogP) is 2.44. The largest absolute Gasteiger partial charge is 0.597 e. The normalized spacial score (nSPS) is 37.3. The summed E-state index contributed by atoms with van der Waals surface area (Å²) in [6, 6.07) is 17.6. The summed E-state index contributed by atoms with van der Waals surface area (Å²) in [6.45, 7) is 0. The van der Waals surface area contributed by atoms with E-state index in [0.717, 1.165) is 5.56 Å². The van der Waals surface area contributed by atoms with Gasteiger partial charge in [-0.1, -0.05) is 58.8 Å². The highest BCUT2D eigenvalue weighted by atomic mass is 32.3. The zero-order valence-corrected chi connectivity index (χ0v) is 16.4. The minimum Gasteiger partial charge on any atom is -0.597 e. The molecule has 6 nitrogen and oxygen atoms in total. The van der Waals surface area contributed by atoms with Crippen LogP contribution in [0.5, 0.6) is 0 Å². The van der Waals surface area contributed by atoms with Gasteiger partial charge >= 0.3 is 5.97 Å². The average Bonchev–Trinajstić information content (AvgIpc) is 3.32. The molecular formula is C22H21NO5S. The molecule has 5 rings (SSSR count). The van der Waals surface area contributed by atoms with Gasteiger partial charge in [-0.15, -0.1) is 4.72 Å². The van der Waals surface area contributed by atoms with Crippen molar-refractivity contribution in [3.63, 3.8) is 0 Å². The van der Waals surface area contributed by atoms with Crippen LogP contribution in [0.1, 0.15) is 22.3 Å². The summed E-state index contributed by atoms with van der Waals surface area (Å²) in [5, 5.41) is -0.773. The van der Waals surface area contributed by atoms with E-state index < -0.39 is 39.4 Å². The van der Waals surface area contributed by atoms with Gasteiger partial charge in [0.05, 0.1) is 17.7 Å². The molecule has 1 spiro atoms. The van der Waals surface area contributed by atoms with E-state index in [1.807, 2.05) is 42.5 Å². The molecule has 2 saturated heterocycles. The second kappa shape index (κ2) is 6.88. The topological polar surface area (TPSA) is 87.7 Å². The molecule has 2 unspecified atom stereocenters. The number of carbonyl (C=O) groups excluding carboxylic acids is 1. The molecule has 0 radical (unpaired) electrons. The van der Waals surface area contributed by atoms with Crippen LogP contribution < -0.4 is 4.72 Å². The molecule has 29 heavy (non-hydrogen) atoms.